The zero-order valence-corrected chi connectivity index (χ0v) is 22.3. The molecule has 4 N–H and O–H groups in total. The van der Waals surface area contributed by atoms with E-state index in [1.165, 1.54) is 25.3 Å². The third-order valence-corrected chi connectivity index (χ3v) is 7.58. The summed E-state index contributed by atoms with van der Waals surface area (Å²) in [7, 11) is 0. The van der Waals surface area contributed by atoms with E-state index < -0.39 is 16.2 Å². The molecule has 2 fully saturated rings. The topological polar surface area (TPSA) is 126 Å². The first kappa shape index (κ1) is 27.8. The van der Waals surface area contributed by atoms with Crippen LogP contribution in [-0.4, -0.2) is 63.2 Å². The van der Waals surface area contributed by atoms with Crippen molar-refractivity contribution in [3.63, 3.8) is 0 Å². The number of halogens is 3. The quantitative estimate of drug-likeness (QED) is 0.281. The molecule has 2 heterocycles. The summed E-state index contributed by atoms with van der Waals surface area (Å²) in [4.78, 5) is 43.3. The van der Waals surface area contributed by atoms with Crippen LogP contribution in [0.5, 0.6) is 5.75 Å². The molecule has 1 saturated carbocycles. The minimum Gasteiger partial charge on any atom is -0.487 e. The Morgan fingerprint density at radius 3 is 2.74 bits per heavy atom. The van der Waals surface area contributed by atoms with Gasteiger partial charge in [-0.1, -0.05) is 0 Å². The third-order valence-electron chi connectivity index (χ3n) is 6.65. The van der Waals surface area contributed by atoms with E-state index in [1.54, 1.807) is 23.1 Å². The van der Waals surface area contributed by atoms with E-state index in [2.05, 4.69) is 15.6 Å². The van der Waals surface area contributed by atoms with Crippen LogP contribution in [0.1, 0.15) is 37.4 Å². The highest BCUT2D eigenvalue weighted by Gasteiger charge is 2.51. The number of benzene rings is 1. The number of amides is 2. The second kappa shape index (κ2) is 11.7. The van der Waals surface area contributed by atoms with Gasteiger partial charge in [0.2, 0.25) is 23.3 Å². The van der Waals surface area contributed by atoms with E-state index >= 15 is 0 Å². The molecule has 1 aliphatic heterocycles. The number of aromatic nitrogens is 1. The lowest BCUT2D eigenvalue weighted by atomic mass is 10.0. The predicted octanol–water partition coefficient (Wildman–Crippen LogP) is 1.65. The first-order valence-corrected chi connectivity index (χ1v) is 13.0. The highest BCUT2D eigenvalue weighted by molar-refractivity contribution is 6.50. The number of hydrogen-bond acceptors (Lipinski definition) is 6. The number of ketones is 1. The summed E-state index contributed by atoms with van der Waals surface area (Å²) < 4.78 is 18.7. The Bertz CT molecular complexity index is 1260. The molecule has 4 rings (SSSR count). The number of pyridine rings is 1. The van der Waals surface area contributed by atoms with E-state index in [9.17, 15) is 18.8 Å². The van der Waals surface area contributed by atoms with Crippen LogP contribution in [0.15, 0.2) is 36.5 Å². The highest BCUT2D eigenvalue weighted by atomic mass is 35.5. The van der Waals surface area contributed by atoms with Crippen molar-refractivity contribution in [2.75, 3.05) is 25.0 Å². The maximum absolute atomic E-state index is 13.9. The molecular formula is C26H29Cl2FN5O4+. The molecule has 0 radical (unpaired) electrons. The minimum absolute atomic E-state index is 0.0124. The Balaban J connectivity index is 1.39. The van der Waals surface area contributed by atoms with Crippen LogP contribution in [-0.2, 0) is 21.0 Å². The molecule has 9 nitrogen and oxygen atoms in total. The third kappa shape index (κ3) is 6.60. The zero-order valence-electron chi connectivity index (χ0n) is 20.8. The number of nitrogens with two attached hydrogens (primary N) is 1. The number of carbonyl (C=O) groups is 3. The number of Topliss-reactive ketones (excluding diaryl/α,β-unsaturated/α-hetero) is 1. The second-order valence-corrected chi connectivity index (χ2v) is 10.9. The number of nitrogens with one attached hydrogen (secondary N) is 2. The van der Waals surface area contributed by atoms with Gasteiger partial charge in [0.25, 0.3) is 0 Å². The molecule has 38 heavy (non-hydrogen) atoms. The lowest BCUT2D eigenvalue weighted by Crippen LogP contribution is -2.48. The van der Waals surface area contributed by atoms with Gasteiger partial charge in [-0.15, -0.1) is 23.2 Å². The molecule has 1 aliphatic carbocycles. The van der Waals surface area contributed by atoms with Crippen LogP contribution in [0.2, 0.25) is 0 Å². The molecule has 0 spiro atoms. The summed E-state index contributed by atoms with van der Waals surface area (Å²) in [6, 6.07) is 6.98. The second-order valence-electron chi connectivity index (χ2n) is 9.40. The molecular weight excluding hydrogens is 536 g/mol. The van der Waals surface area contributed by atoms with Gasteiger partial charge in [0, 0.05) is 37.8 Å². The molecule has 2 amide bonds. The molecule has 0 unspecified atom stereocenters. The molecule has 2 aliphatic rings. The molecule has 2 atom stereocenters. The summed E-state index contributed by atoms with van der Waals surface area (Å²) in [5, 5.41) is 11.9. The molecule has 12 heteroatoms. The predicted molar refractivity (Wildman–Crippen MR) is 140 cm³/mol. The number of alkyl halides is 2. The number of anilines is 1. The number of nitrogens with zero attached hydrogens (tertiary/aromatic N) is 2. The van der Waals surface area contributed by atoms with Gasteiger partial charge in [-0.25, -0.2) is 4.39 Å². The van der Waals surface area contributed by atoms with Crippen molar-refractivity contribution in [3.8, 4) is 5.75 Å². The Kier molecular flexibility index (Phi) is 8.52. The van der Waals surface area contributed by atoms with E-state index in [4.69, 9.17) is 33.3 Å². The summed E-state index contributed by atoms with van der Waals surface area (Å²) >= 11 is 12.1. The van der Waals surface area contributed by atoms with Crippen molar-refractivity contribution >= 4 is 52.2 Å². The van der Waals surface area contributed by atoms with Crippen molar-refractivity contribution in [3.05, 3.63) is 53.6 Å². The molecule has 0 bridgehead atoms. The summed E-state index contributed by atoms with van der Waals surface area (Å²) in [6.45, 7) is 1.92. The van der Waals surface area contributed by atoms with Crippen LogP contribution >= 0.6 is 23.2 Å². The van der Waals surface area contributed by atoms with E-state index in [1.807, 2.05) is 0 Å². The van der Waals surface area contributed by atoms with Gasteiger partial charge in [-0.2, -0.15) is 0 Å². The molecule has 1 saturated heterocycles. The Labute approximate surface area is 229 Å². The smallest absolute Gasteiger partial charge is 0.249 e. The highest BCUT2D eigenvalue weighted by Crippen LogP contribution is 2.52. The number of rotatable bonds is 11. The fraction of sp³-hybridized carbons (Fsp3) is 0.423. The lowest BCUT2D eigenvalue weighted by molar-refractivity contribution is -0.137. The van der Waals surface area contributed by atoms with Crippen molar-refractivity contribution < 1.29 is 28.9 Å². The first-order valence-electron chi connectivity index (χ1n) is 12.3. The van der Waals surface area contributed by atoms with Crippen molar-refractivity contribution in [2.45, 2.75) is 43.2 Å². The number of likely N-dealkylation sites (tertiary alicyclic amines) is 1. The van der Waals surface area contributed by atoms with E-state index in [0.29, 0.717) is 49.4 Å². The van der Waals surface area contributed by atoms with Crippen LogP contribution in [0.25, 0.3) is 0 Å². The van der Waals surface area contributed by atoms with Crippen LogP contribution in [0.4, 0.5) is 10.1 Å². The Morgan fingerprint density at radius 1 is 1.29 bits per heavy atom. The van der Waals surface area contributed by atoms with Gasteiger partial charge in [-0.05, 0) is 49.6 Å². The molecule has 1 aromatic carbocycles. The van der Waals surface area contributed by atoms with Gasteiger partial charge >= 0.3 is 0 Å². The standard InChI is InChI=1S/C26H28Cl2FN5O4/c1-15(35)24(30)18-10-17(38-14-21-19(29)4-2-8-31-21)6-7-20(18)32-13-23(36)34-9-3-5-22(34)25(37)33-12-16-11-26(16,27)28/h2,4,6-8,10,16,22,30,32H,3,5,9,11-14H2,1H3,(H,33,37)/p+1/t16-,22+/m1/s1. The van der Waals surface area contributed by atoms with Gasteiger partial charge in [0.05, 0.1) is 12.1 Å². The molecule has 202 valence electrons. The average Bonchev–Trinajstić information content (AvgIpc) is 3.26. The van der Waals surface area contributed by atoms with Crippen molar-refractivity contribution in [1.29, 1.82) is 0 Å². The van der Waals surface area contributed by atoms with E-state index in [0.717, 1.165) is 0 Å². The van der Waals surface area contributed by atoms with Gasteiger partial charge in [-0.3, -0.25) is 24.8 Å². The number of carbonyl (C=O) groups excluding carboxylic acids is 3. The Hall–Kier alpha value is -3.24. The van der Waals surface area contributed by atoms with Crippen molar-refractivity contribution in [2.24, 2.45) is 5.92 Å². The fourth-order valence-corrected chi connectivity index (χ4v) is 4.83. The molecule has 2 aromatic rings. The fourth-order valence-electron chi connectivity index (χ4n) is 4.30. The largest absolute Gasteiger partial charge is 0.487 e. The normalized spacial score (nSPS) is 19.5. The van der Waals surface area contributed by atoms with Gasteiger partial charge in [0.15, 0.2) is 0 Å². The average molecular weight is 565 g/mol. The Morgan fingerprint density at radius 2 is 2.05 bits per heavy atom. The molecule has 1 aromatic heterocycles. The number of ether oxygens (including phenoxy) is 1. The van der Waals surface area contributed by atoms with Crippen molar-refractivity contribution in [1.82, 2.24) is 15.2 Å². The summed E-state index contributed by atoms with van der Waals surface area (Å²) in [5.41, 5.74) is 0.894. The van der Waals surface area contributed by atoms with Gasteiger partial charge in [0.1, 0.15) is 34.2 Å². The van der Waals surface area contributed by atoms with Gasteiger partial charge < -0.3 is 20.3 Å². The van der Waals surface area contributed by atoms with Crippen LogP contribution in [0, 0.1) is 11.7 Å². The maximum Gasteiger partial charge on any atom is 0.249 e. The maximum atomic E-state index is 13.9. The van der Waals surface area contributed by atoms with Crippen LogP contribution < -0.4 is 20.8 Å². The zero-order chi connectivity index (χ0) is 27.4. The van der Waals surface area contributed by atoms with E-state index in [-0.39, 0.29) is 48.1 Å². The monoisotopic (exact) mass is 564 g/mol. The summed E-state index contributed by atoms with van der Waals surface area (Å²) in [6.07, 6.45) is 3.36. The summed E-state index contributed by atoms with van der Waals surface area (Å²) in [5.74, 6) is -0.998. The lowest BCUT2D eigenvalue weighted by Gasteiger charge is -2.24. The number of hydrogen-bond donors (Lipinski definition) is 3. The SMILES string of the molecule is CC(=O)C(=[NH2+])c1cc(OCc2ncccc2F)ccc1NCC(=O)N1CCC[C@H]1C(=O)NC[C@H]1CC1(Cl)Cl. The minimum atomic E-state index is -0.784. The van der Waals surface area contributed by atoms with Crippen LogP contribution in [0.3, 0.4) is 0 Å². The first-order chi connectivity index (χ1) is 18.1.